The molecule has 0 aromatic heterocycles. The maximum atomic E-state index is 12.2. The Kier molecular flexibility index (Phi) is 5.52. The van der Waals surface area contributed by atoms with Crippen molar-refractivity contribution in [3.8, 4) is 11.5 Å². The number of rotatable bonds is 6. The lowest BCUT2D eigenvalue weighted by atomic mass is 10.2. The Hall–Kier alpha value is -3.11. The summed E-state index contributed by atoms with van der Waals surface area (Å²) in [5.74, 6) is -0.272. The summed E-state index contributed by atoms with van der Waals surface area (Å²) in [5, 5.41) is 2.57. The number of hydrogen-bond acceptors (Lipinski definition) is 7. The first-order valence-electron chi connectivity index (χ1n) is 8.16. The molecular formula is C18H18N2O7S. The maximum Gasteiger partial charge on any atom is 0.338 e. The number of amides is 1. The van der Waals surface area contributed by atoms with Crippen molar-refractivity contribution in [1.29, 1.82) is 0 Å². The highest BCUT2D eigenvalue weighted by molar-refractivity contribution is 7.89. The second kappa shape index (κ2) is 7.87. The van der Waals surface area contributed by atoms with Crippen molar-refractivity contribution in [2.45, 2.75) is 4.90 Å². The second-order valence-corrected chi connectivity index (χ2v) is 8.16. The summed E-state index contributed by atoms with van der Waals surface area (Å²) < 4.78 is 40.7. The minimum atomic E-state index is -3.69. The van der Waals surface area contributed by atoms with Gasteiger partial charge in [-0.05, 0) is 30.3 Å². The molecule has 1 N–H and O–H groups in total. The third kappa shape index (κ3) is 4.24. The van der Waals surface area contributed by atoms with Gasteiger partial charge in [-0.3, -0.25) is 4.79 Å². The summed E-state index contributed by atoms with van der Waals surface area (Å²) in [6.45, 7) is -0.412. The Morgan fingerprint density at radius 1 is 1.11 bits per heavy atom. The number of carbonyl (C=O) groups excluding carboxylic acids is 2. The molecule has 0 unspecified atom stereocenters. The van der Waals surface area contributed by atoms with Gasteiger partial charge in [-0.1, -0.05) is 6.07 Å². The first-order chi connectivity index (χ1) is 13.3. The van der Waals surface area contributed by atoms with Crippen molar-refractivity contribution in [3.05, 3.63) is 48.0 Å². The van der Waals surface area contributed by atoms with E-state index in [9.17, 15) is 18.0 Å². The van der Waals surface area contributed by atoms with E-state index >= 15 is 0 Å². The summed E-state index contributed by atoms with van der Waals surface area (Å²) >= 11 is 0. The molecule has 10 heteroatoms. The summed E-state index contributed by atoms with van der Waals surface area (Å²) in [6.07, 6.45) is 0. The van der Waals surface area contributed by atoms with Crippen LogP contribution in [0.25, 0.3) is 0 Å². The van der Waals surface area contributed by atoms with Gasteiger partial charge in [0.2, 0.25) is 16.8 Å². The summed E-state index contributed by atoms with van der Waals surface area (Å²) in [7, 11) is -0.906. The molecule has 148 valence electrons. The van der Waals surface area contributed by atoms with Crippen LogP contribution < -0.4 is 14.8 Å². The quantitative estimate of drug-likeness (QED) is 0.723. The highest BCUT2D eigenvalue weighted by Gasteiger charge is 2.20. The molecule has 0 bridgehead atoms. The number of nitrogens with zero attached hydrogens (tertiary/aromatic N) is 1. The monoisotopic (exact) mass is 406 g/mol. The van der Waals surface area contributed by atoms with E-state index in [0.717, 1.165) is 4.31 Å². The van der Waals surface area contributed by atoms with E-state index in [1.807, 2.05) is 0 Å². The summed E-state index contributed by atoms with van der Waals surface area (Å²) in [4.78, 5) is 24.1. The number of esters is 1. The molecule has 1 heterocycles. The Bertz CT molecular complexity index is 1020. The van der Waals surface area contributed by atoms with Crippen LogP contribution >= 0.6 is 0 Å². The molecule has 0 saturated heterocycles. The highest BCUT2D eigenvalue weighted by Crippen LogP contribution is 2.34. The fourth-order valence-corrected chi connectivity index (χ4v) is 3.33. The third-order valence-corrected chi connectivity index (χ3v) is 5.65. The van der Waals surface area contributed by atoms with Crippen molar-refractivity contribution in [2.24, 2.45) is 0 Å². The number of nitrogens with one attached hydrogen (secondary N) is 1. The molecule has 2 aromatic carbocycles. The lowest BCUT2D eigenvalue weighted by molar-refractivity contribution is -0.119. The van der Waals surface area contributed by atoms with Crippen molar-refractivity contribution in [3.63, 3.8) is 0 Å². The van der Waals surface area contributed by atoms with Gasteiger partial charge in [0.05, 0.1) is 10.5 Å². The lowest BCUT2D eigenvalue weighted by Crippen LogP contribution is -2.23. The molecule has 0 spiro atoms. The molecule has 1 amide bonds. The molecule has 3 rings (SSSR count). The predicted molar refractivity (Wildman–Crippen MR) is 98.8 cm³/mol. The molecule has 28 heavy (non-hydrogen) atoms. The Balaban J connectivity index is 1.60. The predicted octanol–water partition coefficient (Wildman–Crippen LogP) is 1.46. The van der Waals surface area contributed by atoms with Gasteiger partial charge in [0, 0.05) is 25.8 Å². The number of ether oxygens (including phenoxy) is 3. The Morgan fingerprint density at radius 3 is 2.61 bits per heavy atom. The van der Waals surface area contributed by atoms with Gasteiger partial charge in [0.25, 0.3) is 5.91 Å². The number of sulfonamides is 1. The minimum absolute atomic E-state index is 0.0267. The number of anilines is 1. The van der Waals surface area contributed by atoms with Crippen molar-refractivity contribution < 1.29 is 32.2 Å². The first kappa shape index (κ1) is 19.6. The molecular weight excluding hydrogens is 388 g/mol. The SMILES string of the molecule is CN(C)S(=O)(=O)c1cccc(C(=O)OCC(=O)Nc2ccc3c(c2)OCO3)c1. The zero-order valence-electron chi connectivity index (χ0n) is 15.2. The zero-order chi connectivity index (χ0) is 20.3. The van der Waals surface area contributed by atoms with Crippen LogP contribution in [0.1, 0.15) is 10.4 Å². The zero-order valence-corrected chi connectivity index (χ0v) is 16.0. The van der Waals surface area contributed by atoms with E-state index < -0.39 is 28.5 Å². The number of fused-ring (bicyclic) bond motifs is 1. The number of benzene rings is 2. The van der Waals surface area contributed by atoms with E-state index in [2.05, 4.69) is 5.32 Å². The minimum Gasteiger partial charge on any atom is -0.454 e. The fraction of sp³-hybridized carbons (Fsp3) is 0.222. The molecule has 2 aromatic rings. The molecule has 1 aliphatic rings. The van der Waals surface area contributed by atoms with Crippen LogP contribution in [0.4, 0.5) is 5.69 Å². The van der Waals surface area contributed by atoms with Gasteiger partial charge in [0.15, 0.2) is 18.1 Å². The molecule has 0 atom stereocenters. The molecule has 1 aliphatic heterocycles. The number of carbonyl (C=O) groups is 2. The van der Waals surface area contributed by atoms with Crippen LogP contribution in [0, 0.1) is 0 Å². The Morgan fingerprint density at radius 2 is 1.86 bits per heavy atom. The summed E-state index contributed by atoms with van der Waals surface area (Å²) in [6, 6.07) is 10.3. The van der Waals surface area contributed by atoms with E-state index in [4.69, 9.17) is 14.2 Å². The van der Waals surface area contributed by atoms with Crippen LogP contribution in [0.5, 0.6) is 11.5 Å². The van der Waals surface area contributed by atoms with Crippen molar-refractivity contribution in [2.75, 3.05) is 32.8 Å². The Labute approximate surface area is 161 Å². The van der Waals surface area contributed by atoms with Crippen LogP contribution in [0.3, 0.4) is 0 Å². The molecule has 0 radical (unpaired) electrons. The number of hydrogen-bond donors (Lipinski definition) is 1. The van der Waals surface area contributed by atoms with Crippen LogP contribution in [0.2, 0.25) is 0 Å². The largest absolute Gasteiger partial charge is 0.454 e. The van der Waals surface area contributed by atoms with Gasteiger partial charge in [0.1, 0.15) is 0 Å². The van der Waals surface area contributed by atoms with E-state index in [-0.39, 0.29) is 17.3 Å². The van der Waals surface area contributed by atoms with Gasteiger partial charge in [-0.25, -0.2) is 17.5 Å². The smallest absolute Gasteiger partial charge is 0.338 e. The first-order valence-corrected chi connectivity index (χ1v) is 9.60. The highest BCUT2D eigenvalue weighted by atomic mass is 32.2. The average Bonchev–Trinajstić information content (AvgIpc) is 3.14. The fourth-order valence-electron chi connectivity index (χ4n) is 2.38. The van der Waals surface area contributed by atoms with Crippen molar-refractivity contribution in [1.82, 2.24) is 4.31 Å². The van der Waals surface area contributed by atoms with Gasteiger partial charge in [-0.2, -0.15) is 0 Å². The van der Waals surface area contributed by atoms with E-state index in [1.165, 1.54) is 38.4 Å². The van der Waals surface area contributed by atoms with Gasteiger partial charge < -0.3 is 19.5 Å². The second-order valence-electron chi connectivity index (χ2n) is 6.01. The lowest BCUT2D eigenvalue weighted by Gasteiger charge is -2.12. The van der Waals surface area contributed by atoms with Crippen LogP contribution in [0.15, 0.2) is 47.4 Å². The van der Waals surface area contributed by atoms with E-state index in [1.54, 1.807) is 18.2 Å². The molecule has 0 saturated carbocycles. The van der Waals surface area contributed by atoms with Gasteiger partial charge in [-0.15, -0.1) is 0 Å². The molecule has 0 fully saturated rings. The van der Waals surface area contributed by atoms with Gasteiger partial charge >= 0.3 is 5.97 Å². The molecule has 0 aliphatic carbocycles. The van der Waals surface area contributed by atoms with Crippen LogP contribution in [-0.4, -0.2) is 52.1 Å². The standard InChI is InChI=1S/C18H18N2O7S/c1-20(2)28(23,24)14-5-3-4-12(8-14)18(22)25-10-17(21)19-13-6-7-15-16(9-13)27-11-26-15/h3-9H,10-11H2,1-2H3,(H,19,21). The molecule has 9 nitrogen and oxygen atoms in total. The van der Waals surface area contributed by atoms with Crippen LogP contribution in [-0.2, 0) is 19.6 Å². The summed E-state index contributed by atoms with van der Waals surface area (Å²) in [5.41, 5.74) is 0.489. The normalized spacial score (nSPS) is 12.7. The van der Waals surface area contributed by atoms with Crippen molar-refractivity contribution >= 4 is 27.6 Å². The third-order valence-electron chi connectivity index (χ3n) is 3.84. The topological polar surface area (TPSA) is 111 Å². The average molecular weight is 406 g/mol. The van der Waals surface area contributed by atoms with E-state index in [0.29, 0.717) is 17.2 Å². The maximum absolute atomic E-state index is 12.2.